The zero-order valence-corrected chi connectivity index (χ0v) is 10.2. The molecule has 0 aliphatic heterocycles. The van der Waals surface area contributed by atoms with Crippen LogP contribution in [-0.2, 0) is 10.3 Å². The second-order valence-electron chi connectivity index (χ2n) is 4.36. The molecule has 1 saturated carbocycles. The SMILES string of the molecule is CNCC(=O)NC1(c2ccccc2OC)CC1. The summed E-state index contributed by atoms with van der Waals surface area (Å²) < 4.78 is 5.35. The third-order valence-corrected chi connectivity index (χ3v) is 3.09. The minimum atomic E-state index is -0.208. The molecule has 0 bridgehead atoms. The van der Waals surface area contributed by atoms with E-state index in [4.69, 9.17) is 4.74 Å². The molecule has 0 saturated heterocycles. The molecule has 0 aromatic heterocycles. The lowest BCUT2D eigenvalue weighted by atomic mass is 10.0. The van der Waals surface area contributed by atoms with Crippen LogP contribution in [0, 0.1) is 0 Å². The van der Waals surface area contributed by atoms with E-state index in [1.165, 1.54) is 0 Å². The number of methoxy groups -OCH3 is 1. The molecule has 4 heteroatoms. The summed E-state index contributed by atoms with van der Waals surface area (Å²) in [5.41, 5.74) is 0.868. The second kappa shape index (κ2) is 4.75. The number of carbonyl (C=O) groups is 1. The summed E-state index contributed by atoms with van der Waals surface area (Å²) in [4.78, 5) is 11.7. The quantitative estimate of drug-likeness (QED) is 0.799. The van der Waals surface area contributed by atoms with Gasteiger partial charge in [-0.15, -0.1) is 0 Å². The monoisotopic (exact) mass is 234 g/mol. The van der Waals surface area contributed by atoms with Crippen LogP contribution in [0.25, 0.3) is 0 Å². The van der Waals surface area contributed by atoms with Gasteiger partial charge >= 0.3 is 0 Å². The first-order valence-electron chi connectivity index (χ1n) is 5.81. The summed E-state index contributed by atoms with van der Waals surface area (Å²) in [5, 5.41) is 5.93. The number of nitrogens with one attached hydrogen (secondary N) is 2. The van der Waals surface area contributed by atoms with Crippen LogP contribution in [0.15, 0.2) is 24.3 Å². The molecule has 17 heavy (non-hydrogen) atoms. The van der Waals surface area contributed by atoms with Crippen molar-refractivity contribution in [3.63, 3.8) is 0 Å². The fraction of sp³-hybridized carbons (Fsp3) is 0.462. The molecule has 0 heterocycles. The van der Waals surface area contributed by atoms with Crippen LogP contribution in [0.1, 0.15) is 18.4 Å². The van der Waals surface area contributed by atoms with E-state index in [1.54, 1.807) is 14.2 Å². The van der Waals surface area contributed by atoms with E-state index >= 15 is 0 Å². The molecule has 2 N–H and O–H groups in total. The first-order chi connectivity index (χ1) is 8.22. The molecule has 0 unspecified atom stereocenters. The van der Waals surface area contributed by atoms with Gasteiger partial charge < -0.3 is 15.4 Å². The summed E-state index contributed by atoms with van der Waals surface area (Å²) in [6.07, 6.45) is 1.95. The molecular weight excluding hydrogens is 216 g/mol. The van der Waals surface area contributed by atoms with E-state index in [2.05, 4.69) is 10.6 Å². The van der Waals surface area contributed by atoms with Gasteiger partial charge in [0, 0.05) is 5.56 Å². The van der Waals surface area contributed by atoms with Gasteiger partial charge in [-0.1, -0.05) is 18.2 Å². The highest BCUT2D eigenvalue weighted by molar-refractivity contribution is 5.79. The van der Waals surface area contributed by atoms with Crippen LogP contribution >= 0.6 is 0 Å². The number of para-hydroxylation sites is 1. The van der Waals surface area contributed by atoms with Gasteiger partial charge in [-0.2, -0.15) is 0 Å². The minimum absolute atomic E-state index is 0.0240. The third kappa shape index (κ3) is 2.42. The van der Waals surface area contributed by atoms with Crippen LogP contribution in [-0.4, -0.2) is 26.6 Å². The Balaban J connectivity index is 2.18. The molecule has 0 radical (unpaired) electrons. The van der Waals surface area contributed by atoms with E-state index in [0.717, 1.165) is 24.2 Å². The number of carbonyl (C=O) groups excluding carboxylic acids is 1. The maximum Gasteiger partial charge on any atom is 0.234 e. The van der Waals surface area contributed by atoms with Gasteiger partial charge in [-0.3, -0.25) is 4.79 Å². The van der Waals surface area contributed by atoms with E-state index in [0.29, 0.717) is 6.54 Å². The van der Waals surface area contributed by atoms with Crippen molar-refractivity contribution in [2.45, 2.75) is 18.4 Å². The third-order valence-electron chi connectivity index (χ3n) is 3.09. The lowest BCUT2D eigenvalue weighted by Crippen LogP contribution is -2.39. The van der Waals surface area contributed by atoms with Crippen molar-refractivity contribution >= 4 is 5.91 Å². The predicted molar refractivity (Wildman–Crippen MR) is 66.0 cm³/mol. The average Bonchev–Trinajstić information content (AvgIpc) is 3.10. The highest BCUT2D eigenvalue weighted by Gasteiger charge is 2.47. The average molecular weight is 234 g/mol. The number of rotatable bonds is 5. The Morgan fingerprint density at radius 3 is 2.71 bits per heavy atom. The van der Waals surface area contributed by atoms with Gasteiger partial charge in [-0.25, -0.2) is 0 Å². The largest absolute Gasteiger partial charge is 0.496 e. The maximum atomic E-state index is 11.7. The number of hydrogen-bond donors (Lipinski definition) is 2. The molecule has 1 amide bonds. The highest BCUT2D eigenvalue weighted by Crippen LogP contribution is 2.48. The van der Waals surface area contributed by atoms with Gasteiger partial charge in [0.25, 0.3) is 0 Å². The first kappa shape index (κ1) is 11.9. The standard InChI is InChI=1S/C13H18N2O2/c1-14-9-12(16)15-13(7-8-13)10-5-3-4-6-11(10)17-2/h3-6,14H,7-9H2,1-2H3,(H,15,16). The zero-order chi connectivity index (χ0) is 12.3. The highest BCUT2D eigenvalue weighted by atomic mass is 16.5. The van der Waals surface area contributed by atoms with Crippen LogP contribution < -0.4 is 15.4 Å². The number of likely N-dealkylation sites (N-methyl/N-ethyl adjacent to an activating group) is 1. The van der Waals surface area contributed by atoms with Crippen molar-refractivity contribution in [1.29, 1.82) is 0 Å². The molecule has 2 rings (SSSR count). The van der Waals surface area contributed by atoms with Gasteiger partial charge in [0.15, 0.2) is 0 Å². The first-order valence-corrected chi connectivity index (χ1v) is 5.81. The molecule has 0 atom stereocenters. The summed E-state index contributed by atoms with van der Waals surface area (Å²) >= 11 is 0. The molecule has 1 aromatic rings. The Bertz CT molecular complexity index is 414. The van der Waals surface area contributed by atoms with Crippen molar-refractivity contribution in [2.24, 2.45) is 0 Å². The fourth-order valence-electron chi connectivity index (χ4n) is 2.10. The van der Waals surface area contributed by atoms with Gasteiger partial charge in [0.2, 0.25) is 5.91 Å². The van der Waals surface area contributed by atoms with Crippen LogP contribution in [0.5, 0.6) is 5.75 Å². The Kier molecular flexibility index (Phi) is 3.33. The van der Waals surface area contributed by atoms with E-state index in [9.17, 15) is 4.79 Å². The van der Waals surface area contributed by atoms with Crippen LogP contribution in [0.4, 0.5) is 0 Å². The molecule has 0 spiro atoms. The molecule has 1 aromatic carbocycles. The van der Waals surface area contributed by atoms with E-state index in [-0.39, 0.29) is 11.4 Å². The van der Waals surface area contributed by atoms with Crippen LogP contribution in [0.2, 0.25) is 0 Å². The van der Waals surface area contributed by atoms with Crippen molar-refractivity contribution in [3.8, 4) is 5.75 Å². The number of benzene rings is 1. The number of hydrogen-bond acceptors (Lipinski definition) is 3. The summed E-state index contributed by atoms with van der Waals surface area (Å²) in [5.74, 6) is 0.866. The normalized spacial score (nSPS) is 16.4. The fourth-order valence-corrected chi connectivity index (χ4v) is 2.10. The molecule has 4 nitrogen and oxygen atoms in total. The maximum absolute atomic E-state index is 11.7. The van der Waals surface area contributed by atoms with E-state index < -0.39 is 0 Å². The van der Waals surface area contributed by atoms with Crippen molar-refractivity contribution in [2.75, 3.05) is 20.7 Å². The summed E-state index contributed by atoms with van der Waals surface area (Å²) in [7, 11) is 3.42. The van der Waals surface area contributed by atoms with Gasteiger partial charge in [-0.05, 0) is 26.0 Å². The van der Waals surface area contributed by atoms with Gasteiger partial charge in [0.05, 0.1) is 19.2 Å². The zero-order valence-electron chi connectivity index (χ0n) is 10.2. The topological polar surface area (TPSA) is 50.4 Å². The van der Waals surface area contributed by atoms with Crippen LogP contribution in [0.3, 0.4) is 0 Å². The van der Waals surface area contributed by atoms with Crippen molar-refractivity contribution < 1.29 is 9.53 Å². The summed E-state index contributed by atoms with van der Waals surface area (Å²) in [6.45, 7) is 0.344. The Labute approximate surface area is 101 Å². The van der Waals surface area contributed by atoms with E-state index in [1.807, 2.05) is 24.3 Å². The lowest BCUT2D eigenvalue weighted by molar-refractivity contribution is -0.121. The molecule has 1 aliphatic carbocycles. The number of ether oxygens (including phenoxy) is 1. The lowest BCUT2D eigenvalue weighted by Gasteiger charge is -2.20. The van der Waals surface area contributed by atoms with Gasteiger partial charge in [0.1, 0.15) is 5.75 Å². The number of amides is 1. The Morgan fingerprint density at radius 1 is 1.41 bits per heavy atom. The van der Waals surface area contributed by atoms with Crippen molar-refractivity contribution in [3.05, 3.63) is 29.8 Å². The predicted octanol–water partition coefficient (Wildman–Crippen LogP) is 1.02. The van der Waals surface area contributed by atoms with Crippen molar-refractivity contribution in [1.82, 2.24) is 10.6 Å². The summed E-state index contributed by atoms with van der Waals surface area (Å²) in [6, 6.07) is 7.86. The molecular formula is C13H18N2O2. The Morgan fingerprint density at radius 2 is 2.12 bits per heavy atom. The molecule has 92 valence electrons. The second-order valence-corrected chi connectivity index (χ2v) is 4.36. The molecule has 1 fully saturated rings. The molecule has 1 aliphatic rings. The minimum Gasteiger partial charge on any atom is -0.496 e. The Hall–Kier alpha value is -1.55. The smallest absolute Gasteiger partial charge is 0.234 e.